The molecule has 2 aromatic carbocycles. The maximum atomic E-state index is 13.5. The summed E-state index contributed by atoms with van der Waals surface area (Å²) in [6.45, 7) is 2.62. The molecule has 0 aliphatic carbocycles. The maximum Gasteiger partial charge on any atom is 0.392 e. The lowest BCUT2D eigenvalue weighted by molar-refractivity contribution is -0.176. The van der Waals surface area contributed by atoms with E-state index in [4.69, 9.17) is 5.41 Å². The quantitative estimate of drug-likeness (QED) is 0.279. The zero-order chi connectivity index (χ0) is 28.4. The predicted molar refractivity (Wildman–Crippen MR) is 141 cm³/mol. The van der Waals surface area contributed by atoms with E-state index >= 15 is 0 Å². The SMILES string of the molecule is Cc1cc(Nc2ccc(F)cc2)c(C=N)cc1[C@@H]1CN(S(=O)(=O)c2ccccn2)CCN1CC(C)C(F)(F)F. The Morgan fingerprint density at radius 2 is 1.87 bits per heavy atom. The molecule has 1 aliphatic heterocycles. The van der Waals surface area contributed by atoms with Crippen LogP contribution < -0.4 is 5.32 Å². The number of nitrogens with one attached hydrogen (secondary N) is 2. The number of nitrogens with zero attached hydrogens (tertiary/aromatic N) is 3. The van der Waals surface area contributed by atoms with Crippen molar-refractivity contribution >= 4 is 27.6 Å². The number of rotatable bonds is 8. The van der Waals surface area contributed by atoms with Crippen molar-refractivity contribution in [3.63, 3.8) is 0 Å². The molecule has 1 fully saturated rings. The highest BCUT2D eigenvalue weighted by molar-refractivity contribution is 7.89. The third-order valence-electron chi connectivity index (χ3n) is 6.84. The number of aryl methyl sites for hydroxylation is 1. The van der Waals surface area contributed by atoms with Crippen molar-refractivity contribution in [2.45, 2.75) is 31.1 Å². The number of piperazine rings is 1. The molecule has 1 aliphatic rings. The average Bonchev–Trinajstić information content (AvgIpc) is 2.90. The fourth-order valence-electron chi connectivity index (χ4n) is 4.63. The van der Waals surface area contributed by atoms with Crippen LogP contribution in [0.25, 0.3) is 0 Å². The smallest absolute Gasteiger partial charge is 0.355 e. The summed E-state index contributed by atoms with van der Waals surface area (Å²) in [7, 11) is -3.98. The van der Waals surface area contributed by atoms with Crippen LogP contribution >= 0.6 is 0 Å². The second kappa shape index (κ2) is 11.4. The Kier molecular flexibility index (Phi) is 8.38. The van der Waals surface area contributed by atoms with E-state index in [1.807, 2.05) is 0 Å². The minimum absolute atomic E-state index is 0.0145. The highest BCUT2D eigenvalue weighted by Gasteiger charge is 2.41. The Balaban J connectivity index is 1.71. The highest BCUT2D eigenvalue weighted by atomic mass is 32.2. The molecule has 39 heavy (non-hydrogen) atoms. The molecule has 7 nitrogen and oxygen atoms in total. The van der Waals surface area contributed by atoms with Crippen LogP contribution in [0.5, 0.6) is 0 Å². The minimum Gasteiger partial charge on any atom is -0.355 e. The zero-order valence-electron chi connectivity index (χ0n) is 21.4. The van der Waals surface area contributed by atoms with E-state index < -0.39 is 34.0 Å². The van der Waals surface area contributed by atoms with Crippen LogP contribution in [0, 0.1) is 24.1 Å². The van der Waals surface area contributed by atoms with Gasteiger partial charge in [-0.25, -0.2) is 17.8 Å². The van der Waals surface area contributed by atoms with E-state index in [-0.39, 0.29) is 31.2 Å². The first-order valence-electron chi connectivity index (χ1n) is 12.3. The van der Waals surface area contributed by atoms with E-state index in [0.29, 0.717) is 28.1 Å². The summed E-state index contributed by atoms with van der Waals surface area (Å²) >= 11 is 0. The lowest BCUT2D eigenvalue weighted by atomic mass is 9.94. The van der Waals surface area contributed by atoms with Crippen LogP contribution in [-0.2, 0) is 10.0 Å². The number of aromatic nitrogens is 1. The van der Waals surface area contributed by atoms with Crippen molar-refractivity contribution < 1.29 is 26.0 Å². The summed E-state index contributed by atoms with van der Waals surface area (Å²) in [5.74, 6) is -2.02. The molecule has 1 unspecified atom stereocenters. The van der Waals surface area contributed by atoms with E-state index in [2.05, 4.69) is 10.3 Å². The van der Waals surface area contributed by atoms with Gasteiger partial charge in [-0.05, 0) is 66.6 Å². The van der Waals surface area contributed by atoms with Gasteiger partial charge in [0.25, 0.3) is 10.0 Å². The molecule has 0 saturated carbocycles. The van der Waals surface area contributed by atoms with Gasteiger partial charge in [0, 0.05) is 61.6 Å². The molecule has 12 heteroatoms. The van der Waals surface area contributed by atoms with Crippen molar-refractivity contribution in [3.8, 4) is 0 Å². The van der Waals surface area contributed by atoms with Crippen LogP contribution in [0.3, 0.4) is 0 Å². The van der Waals surface area contributed by atoms with Gasteiger partial charge in [0.2, 0.25) is 0 Å². The van der Waals surface area contributed by atoms with Gasteiger partial charge in [0.05, 0.1) is 5.92 Å². The van der Waals surface area contributed by atoms with Gasteiger partial charge in [-0.2, -0.15) is 17.5 Å². The molecule has 0 bridgehead atoms. The highest BCUT2D eigenvalue weighted by Crippen LogP contribution is 2.36. The second-order valence-electron chi connectivity index (χ2n) is 9.56. The molecular formula is C27H29F4N5O2S. The Morgan fingerprint density at radius 1 is 1.15 bits per heavy atom. The van der Waals surface area contributed by atoms with Crippen LogP contribution in [-0.4, -0.2) is 61.2 Å². The Labute approximate surface area is 225 Å². The Bertz CT molecular complexity index is 1420. The fraction of sp³-hybridized carbons (Fsp3) is 0.333. The van der Waals surface area contributed by atoms with Crippen LogP contribution in [0.4, 0.5) is 28.9 Å². The number of halogens is 4. The number of hydrogen-bond acceptors (Lipinski definition) is 6. The number of hydrogen-bond donors (Lipinski definition) is 2. The standard InChI is InChI=1S/C27H29F4N5O2S/c1-18-13-24(34-22-8-6-21(28)7-9-22)20(15-32)14-23(18)25-17-36(39(37,38)26-5-3-4-10-33-26)12-11-35(25)16-19(2)27(29,30)31/h3-10,13-15,19,25,32,34H,11-12,16-17H2,1-2H3/t19?,25-/m0/s1. The van der Waals surface area contributed by atoms with E-state index in [9.17, 15) is 26.0 Å². The van der Waals surface area contributed by atoms with Gasteiger partial charge < -0.3 is 10.7 Å². The fourth-order valence-corrected chi connectivity index (χ4v) is 6.00. The van der Waals surface area contributed by atoms with Gasteiger partial charge in [0.1, 0.15) is 5.82 Å². The number of pyridine rings is 1. The maximum absolute atomic E-state index is 13.5. The van der Waals surface area contributed by atoms with E-state index in [0.717, 1.165) is 13.1 Å². The zero-order valence-corrected chi connectivity index (χ0v) is 22.2. The molecule has 1 aromatic heterocycles. The average molecular weight is 564 g/mol. The third kappa shape index (κ3) is 6.45. The first-order chi connectivity index (χ1) is 18.4. The first kappa shape index (κ1) is 28.7. The molecule has 208 valence electrons. The van der Waals surface area contributed by atoms with Crippen LogP contribution in [0.2, 0.25) is 0 Å². The van der Waals surface area contributed by atoms with Crippen molar-refractivity contribution in [3.05, 3.63) is 83.3 Å². The largest absolute Gasteiger partial charge is 0.392 e. The van der Waals surface area contributed by atoms with Gasteiger partial charge in [0.15, 0.2) is 5.03 Å². The number of sulfonamides is 1. The molecule has 1 saturated heterocycles. The molecule has 0 spiro atoms. The van der Waals surface area contributed by atoms with Gasteiger partial charge in [-0.1, -0.05) is 13.0 Å². The summed E-state index contributed by atoms with van der Waals surface area (Å²) in [4.78, 5) is 5.63. The number of anilines is 2. The minimum atomic E-state index is -4.40. The molecule has 2 atom stereocenters. The topological polar surface area (TPSA) is 89.4 Å². The first-order valence-corrected chi connectivity index (χ1v) is 13.7. The number of benzene rings is 2. The Morgan fingerprint density at radius 3 is 2.49 bits per heavy atom. The van der Waals surface area contributed by atoms with E-state index in [1.54, 1.807) is 48.2 Å². The molecule has 3 aromatic rings. The summed E-state index contributed by atoms with van der Waals surface area (Å²) in [6, 6.07) is 13.0. The summed E-state index contributed by atoms with van der Waals surface area (Å²) < 4.78 is 81.8. The van der Waals surface area contributed by atoms with Crippen molar-refractivity contribution in [2.24, 2.45) is 5.92 Å². The van der Waals surface area contributed by atoms with E-state index in [1.165, 1.54) is 28.7 Å². The molecule has 0 radical (unpaired) electrons. The summed E-state index contributed by atoms with van der Waals surface area (Å²) in [6.07, 6.45) is -1.92. The van der Waals surface area contributed by atoms with Crippen molar-refractivity contribution in [2.75, 3.05) is 31.5 Å². The lowest BCUT2D eigenvalue weighted by Crippen LogP contribution is -2.52. The predicted octanol–water partition coefficient (Wildman–Crippen LogP) is 5.52. The molecule has 2 heterocycles. The van der Waals surface area contributed by atoms with Crippen molar-refractivity contribution in [1.29, 1.82) is 5.41 Å². The Hall–Kier alpha value is -3.35. The van der Waals surface area contributed by atoms with Crippen molar-refractivity contribution in [1.82, 2.24) is 14.2 Å². The molecular weight excluding hydrogens is 534 g/mol. The summed E-state index contributed by atoms with van der Waals surface area (Å²) in [5.41, 5.74) is 2.93. The van der Waals surface area contributed by atoms with Gasteiger partial charge >= 0.3 is 6.18 Å². The molecule has 4 rings (SSSR count). The van der Waals surface area contributed by atoms with Crippen LogP contribution in [0.15, 0.2) is 65.8 Å². The van der Waals surface area contributed by atoms with Gasteiger partial charge in [-0.15, -0.1) is 0 Å². The second-order valence-corrected chi connectivity index (χ2v) is 11.4. The normalized spacial score (nSPS) is 18.1. The summed E-state index contributed by atoms with van der Waals surface area (Å²) in [5, 5.41) is 11.0. The monoisotopic (exact) mass is 563 g/mol. The molecule has 2 N–H and O–H groups in total. The van der Waals surface area contributed by atoms with Crippen LogP contribution in [0.1, 0.15) is 29.7 Å². The number of alkyl halides is 3. The lowest BCUT2D eigenvalue weighted by Gasteiger charge is -2.42. The molecule has 0 amide bonds. The third-order valence-corrected chi connectivity index (χ3v) is 8.62. The van der Waals surface area contributed by atoms with Gasteiger partial charge in [-0.3, -0.25) is 4.90 Å².